The molecule has 2 aromatic rings. The summed E-state index contributed by atoms with van der Waals surface area (Å²) in [7, 11) is 0.380. The number of nitrogens with one attached hydrogen (secondary N) is 2. The van der Waals surface area contributed by atoms with Crippen LogP contribution in [-0.4, -0.2) is 42.1 Å². The van der Waals surface area contributed by atoms with E-state index in [0.29, 0.717) is 18.0 Å². The molecule has 6 heteroatoms. The predicted octanol–water partition coefficient (Wildman–Crippen LogP) is 7.26. The Kier molecular flexibility index (Phi) is 15.1. The van der Waals surface area contributed by atoms with Crippen molar-refractivity contribution >= 4 is 26.5 Å². The van der Waals surface area contributed by atoms with Crippen LogP contribution in [0.25, 0.3) is 10.8 Å². The van der Waals surface area contributed by atoms with Gasteiger partial charge in [0.25, 0.3) is 0 Å². The zero-order valence-corrected chi connectivity index (χ0v) is 24.0. The molecule has 204 valence electrons. The van der Waals surface area contributed by atoms with Crippen molar-refractivity contribution in [1.82, 2.24) is 10.0 Å². The zero-order valence-electron chi connectivity index (χ0n) is 23.2. The Labute approximate surface area is 221 Å². The fourth-order valence-electron chi connectivity index (χ4n) is 4.81. The highest BCUT2D eigenvalue weighted by Gasteiger charge is 2.17. The summed E-state index contributed by atoms with van der Waals surface area (Å²) in [6, 6.07) is 11.3. The van der Waals surface area contributed by atoms with Gasteiger partial charge in [-0.3, -0.25) is 0 Å². The summed E-state index contributed by atoms with van der Waals surface area (Å²) < 4.78 is 28.7. The van der Waals surface area contributed by atoms with E-state index in [4.69, 9.17) is 0 Å². The molecule has 5 nitrogen and oxygen atoms in total. The van der Waals surface area contributed by atoms with Gasteiger partial charge in [-0.1, -0.05) is 115 Å². The molecule has 2 rings (SSSR count). The SMILES string of the molecule is CCCCCCCCCCCCCCCCNCCNS(=O)(=O)c1cccc2c(N(C)C)cccc12. The first-order chi connectivity index (χ1) is 17.5. The minimum absolute atomic E-state index is 0.343. The van der Waals surface area contributed by atoms with Gasteiger partial charge in [-0.2, -0.15) is 0 Å². The first-order valence-electron chi connectivity index (χ1n) is 14.4. The number of hydrogen-bond donors (Lipinski definition) is 2. The number of hydrogen-bond acceptors (Lipinski definition) is 4. The molecule has 0 aliphatic rings. The molecule has 36 heavy (non-hydrogen) atoms. The molecule has 0 saturated heterocycles. The Morgan fingerprint density at radius 1 is 0.639 bits per heavy atom. The lowest BCUT2D eigenvalue weighted by molar-refractivity contribution is 0.529. The smallest absolute Gasteiger partial charge is 0.241 e. The number of sulfonamides is 1. The van der Waals surface area contributed by atoms with Crippen LogP contribution in [-0.2, 0) is 10.0 Å². The number of nitrogens with zero attached hydrogens (tertiary/aromatic N) is 1. The quantitative estimate of drug-likeness (QED) is 0.171. The number of rotatable bonds is 21. The maximum Gasteiger partial charge on any atom is 0.241 e. The molecule has 0 unspecified atom stereocenters. The van der Waals surface area contributed by atoms with Crippen molar-refractivity contribution in [3.05, 3.63) is 36.4 Å². The van der Waals surface area contributed by atoms with Gasteiger partial charge in [-0.15, -0.1) is 0 Å². The third-order valence-electron chi connectivity index (χ3n) is 6.93. The normalized spacial score (nSPS) is 11.9. The fourth-order valence-corrected chi connectivity index (χ4v) is 6.06. The van der Waals surface area contributed by atoms with Crippen molar-refractivity contribution in [2.75, 3.05) is 38.6 Å². The van der Waals surface area contributed by atoms with E-state index in [1.54, 1.807) is 6.07 Å². The lowest BCUT2D eigenvalue weighted by Gasteiger charge is -2.17. The highest BCUT2D eigenvalue weighted by molar-refractivity contribution is 7.89. The highest BCUT2D eigenvalue weighted by atomic mass is 32.2. The zero-order chi connectivity index (χ0) is 26.1. The second-order valence-electron chi connectivity index (χ2n) is 10.3. The van der Waals surface area contributed by atoms with Crippen LogP contribution in [0.4, 0.5) is 5.69 Å². The van der Waals surface area contributed by atoms with Crippen molar-refractivity contribution in [1.29, 1.82) is 0 Å². The van der Waals surface area contributed by atoms with Crippen LogP contribution in [0.2, 0.25) is 0 Å². The molecule has 0 saturated carbocycles. The van der Waals surface area contributed by atoms with Gasteiger partial charge in [0.15, 0.2) is 0 Å². The number of benzene rings is 2. The molecule has 0 spiro atoms. The highest BCUT2D eigenvalue weighted by Crippen LogP contribution is 2.30. The minimum Gasteiger partial charge on any atom is -0.377 e. The summed E-state index contributed by atoms with van der Waals surface area (Å²) in [6.45, 7) is 4.26. The van der Waals surface area contributed by atoms with Crippen molar-refractivity contribution in [3.63, 3.8) is 0 Å². The number of unbranched alkanes of at least 4 members (excludes halogenated alkanes) is 13. The van der Waals surface area contributed by atoms with Crippen LogP contribution in [0.3, 0.4) is 0 Å². The Bertz CT molecular complexity index is 960. The topological polar surface area (TPSA) is 61.4 Å². The van der Waals surface area contributed by atoms with Crippen LogP contribution < -0.4 is 14.9 Å². The van der Waals surface area contributed by atoms with E-state index in [1.807, 2.05) is 49.3 Å². The van der Waals surface area contributed by atoms with Crippen LogP contribution >= 0.6 is 0 Å². The monoisotopic (exact) mass is 517 g/mol. The van der Waals surface area contributed by atoms with Gasteiger partial charge >= 0.3 is 0 Å². The van der Waals surface area contributed by atoms with Crippen LogP contribution in [0, 0.1) is 0 Å². The molecule has 2 aromatic carbocycles. The third-order valence-corrected chi connectivity index (χ3v) is 8.45. The molecule has 0 amide bonds. The van der Waals surface area contributed by atoms with Crippen molar-refractivity contribution < 1.29 is 8.42 Å². The Morgan fingerprint density at radius 2 is 1.17 bits per heavy atom. The average molecular weight is 518 g/mol. The summed E-state index contributed by atoms with van der Waals surface area (Å²) in [6.07, 6.45) is 19.1. The Morgan fingerprint density at radius 3 is 1.75 bits per heavy atom. The van der Waals surface area contributed by atoms with Crippen LogP contribution in [0.15, 0.2) is 41.3 Å². The van der Waals surface area contributed by atoms with E-state index < -0.39 is 10.0 Å². The Hall–Kier alpha value is -1.63. The lowest BCUT2D eigenvalue weighted by atomic mass is 10.0. The average Bonchev–Trinajstić information content (AvgIpc) is 2.87. The van der Waals surface area contributed by atoms with E-state index in [1.165, 1.54) is 83.5 Å². The second-order valence-corrected chi connectivity index (χ2v) is 12.0. The van der Waals surface area contributed by atoms with E-state index >= 15 is 0 Å². The standard InChI is InChI=1S/C30H51N3O2S/c1-4-5-6-7-8-9-10-11-12-13-14-15-16-17-24-31-25-26-32-36(34,35)30-23-19-20-27-28(30)21-18-22-29(27)33(2)3/h18-23,31-32H,4-17,24-26H2,1-3H3. The van der Waals surface area contributed by atoms with Crippen molar-refractivity contribution in [2.45, 2.75) is 102 Å². The molecule has 0 aliphatic heterocycles. The van der Waals surface area contributed by atoms with Gasteiger partial charge < -0.3 is 10.2 Å². The summed E-state index contributed by atoms with van der Waals surface area (Å²) >= 11 is 0. The van der Waals surface area contributed by atoms with Crippen LogP contribution in [0.1, 0.15) is 96.8 Å². The molecule has 2 N–H and O–H groups in total. The molecule has 0 bridgehead atoms. The molecule has 0 atom stereocenters. The summed E-state index contributed by atoms with van der Waals surface area (Å²) in [5, 5.41) is 5.08. The lowest BCUT2D eigenvalue weighted by Crippen LogP contribution is -2.32. The van der Waals surface area contributed by atoms with Gasteiger partial charge in [0, 0.05) is 43.6 Å². The molecule has 0 heterocycles. The largest absolute Gasteiger partial charge is 0.377 e. The van der Waals surface area contributed by atoms with Gasteiger partial charge in [0.05, 0.1) is 4.90 Å². The summed E-state index contributed by atoms with van der Waals surface area (Å²) in [4.78, 5) is 2.35. The third kappa shape index (κ3) is 11.2. The van der Waals surface area contributed by atoms with Crippen LogP contribution in [0.5, 0.6) is 0 Å². The number of fused-ring (bicyclic) bond motifs is 1. The molecule has 0 aliphatic carbocycles. The second kappa shape index (κ2) is 17.8. The van der Waals surface area contributed by atoms with Crippen molar-refractivity contribution in [3.8, 4) is 0 Å². The maximum absolute atomic E-state index is 12.9. The molecule has 0 radical (unpaired) electrons. The summed E-state index contributed by atoms with van der Waals surface area (Å²) in [5.74, 6) is 0. The van der Waals surface area contributed by atoms with E-state index in [0.717, 1.165) is 29.4 Å². The maximum atomic E-state index is 12.9. The van der Waals surface area contributed by atoms with E-state index in [-0.39, 0.29) is 0 Å². The van der Waals surface area contributed by atoms with E-state index in [2.05, 4.69) is 17.0 Å². The van der Waals surface area contributed by atoms with Crippen molar-refractivity contribution in [2.24, 2.45) is 0 Å². The number of anilines is 1. The molecule has 0 aromatic heterocycles. The molecular formula is C30H51N3O2S. The predicted molar refractivity (Wildman–Crippen MR) is 157 cm³/mol. The van der Waals surface area contributed by atoms with Gasteiger partial charge in [-0.05, 0) is 25.1 Å². The van der Waals surface area contributed by atoms with Gasteiger partial charge in [-0.25, -0.2) is 13.1 Å². The Balaban J connectivity index is 1.52. The fraction of sp³-hybridized carbons (Fsp3) is 0.667. The van der Waals surface area contributed by atoms with Gasteiger partial charge in [0.2, 0.25) is 10.0 Å². The summed E-state index contributed by atoms with van der Waals surface area (Å²) in [5.41, 5.74) is 1.01. The molecule has 0 fully saturated rings. The minimum atomic E-state index is -3.56. The van der Waals surface area contributed by atoms with Gasteiger partial charge in [0.1, 0.15) is 0 Å². The first kappa shape index (κ1) is 30.6. The molecular weight excluding hydrogens is 466 g/mol. The first-order valence-corrected chi connectivity index (χ1v) is 15.8. The van der Waals surface area contributed by atoms with E-state index in [9.17, 15) is 8.42 Å².